The molecule has 2 aromatic carbocycles. The van der Waals surface area contributed by atoms with Crippen molar-refractivity contribution in [1.29, 1.82) is 0 Å². The van der Waals surface area contributed by atoms with Gasteiger partial charge >= 0.3 is 0 Å². The molecule has 2 aromatic heterocycles. The van der Waals surface area contributed by atoms with Crippen molar-refractivity contribution in [1.82, 2.24) is 14.6 Å². The summed E-state index contributed by atoms with van der Waals surface area (Å²) in [4.78, 5) is 17.6. The highest BCUT2D eigenvalue weighted by atomic mass is 32.1. The van der Waals surface area contributed by atoms with E-state index >= 15 is 0 Å². The molecule has 4 rings (SSSR count). The van der Waals surface area contributed by atoms with Gasteiger partial charge in [0.25, 0.3) is 5.56 Å². The van der Waals surface area contributed by atoms with Gasteiger partial charge in [-0.15, -0.1) is 5.10 Å². The molecule has 0 amide bonds. The Morgan fingerprint density at radius 2 is 2.00 bits per heavy atom. The maximum absolute atomic E-state index is 13.4. The number of hydrogen-bond acceptors (Lipinski definition) is 5. The Kier molecular flexibility index (Phi) is 5.67. The van der Waals surface area contributed by atoms with E-state index in [4.69, 9.17) is 4.74 Å². The van der Waals surface area contributed by atoms with Gasteiger partial charge in [-0.3, -0.25) is 4.79 Å². The summed E-state index contributed by atoms with van der Waals surface area (Å²) in [7, 11) is 0. The van der Waals surface area contributed by atoms with Crippen molar-refractivity contribution >= 4 is 22.4 Å². The van der Waals surface area contributed by atoms with Crippen molar-refractivity contribution in [3.05, 3.63) is 74.8 Å². The van der Waals surface area contributed by atoms with Crippen LogP contribution in [0.4, 0.5) is 4.39 Å². The molecule has 0 aliphatic carbocycles. The molecular formula is C22H20FN3O2S. The van der Waals surface area contributed by atoms with E-state index in [9.17, 15) is 9.18 Å². The zero-order valence-electron chi connectivity index (χ0n) is 16.0. The van der Waals surface area contributed by atoms with Crippen molar-refractivity contribution in [2.75, 3.05) is 6.61 Å². The minimum absolute atomic E-state index is 0.260. The minimum atomic E-state index is -0.342. The Labute approximate surface area is 171 Å². The zero-order valence-corrected chi connectivity index (χ0v) is 16.8. The maximum atomic E-state index is 13.4. The number of rotatable bonds is 7. The van der Waals surface area contributed by atoms with Crippen LogP contribution in [0.2, 0.25) is 0 Å². The molecule has 0 spiro atoms. The number of aromatic nitrogens is 3. The van der Waals surface area contributed by atoms with E-state index < -0.39 is 0 Å². The Morgan fingerprint density at radius 3 is 2.72 bits per heavy atom. The Balaban J connectivity index is 1.56. The largest absolute Gasteiger partial charge is 0.494 e. The van der Waals surface area contributed by atoms with Crippen molar-refractivity contribution in [3.8, 4) is 17.1 Å². The molecule has 0 unspecified atom stereocenters. The first-order chi connectivity index (χ1) is 14.1. The summed E-state index contributed by atoms with van der Waals surface area (Å²) in [6.45, 7) is 2.86. The van der Waals surface area contributed by atoms with Gasteiger partial charge in [-0.1, -0.05) is 43.2 Å². The lowest BCUT2D eigenvalue weighted by Gasteiger charge is -2.05. The molecule has 7 heteroatoms. The van der Waals surface area contributed by atoms with E-state index in [1.54, 1.807) is 18.2 Å². The lowest BCUT2D eigenvalue weighted by molar-refractivity contribution is 0.306. The lowest BCUT2D eigenvalue weighted by Crippen LogP contribution is -2.23. The van der Waals surface area contributed by atoms with E-state index in [0.717, 1.165) is 30.6 Å². The quantitative estimate of drug-likeness (QED) is 0.432. The highest BCUT2D eigenvalue weighted by Crippen LogP contribution is 2.20. The third-order valence-electron chi connectivity index (χ3n) is 4.46. The van der Waals surface area contributed by atoms with Crippen LogP contribution in [0.3, 0.4) is 0 Å². The van der Waals surface area contributed by atoms with Gasteiger partial charge in [0.2, 0.25) is 4.96 Å². The van der Waals surface area contributed by atoms with Gasteiger partial charge in [-0.05, 0) is 54.5 Å². The molecule has 148 valence electrons. The number of ether oxygens (including phenoxy) is 1. The van der Waals surface area contributed by atoms with Gasteiger partial charge in [0.05, 0.1) is 11.1 Å². The van der Waals surface area contributed by atoms with Gasteiger partial charge in [-0.2, -0.15) is 9.50 Å². The van der Waals surface area contributed by atoms with E-state index in [-0.39, 0.29) is 11.4 Å². The van der Waals surface area contributed by atoms with E-state index in [0.29, 0.717) is 27.5 Å². The number of thiazole rings is 1. The molecule has 0 radical (unpaired) electrons. The van der Waals surface area contributed by atoms with Crippen LogP contribution in [0.15, 0.2) is 53.3 Å². The van der Waals surface area contributed by atoms with Crippen LogP contribution in [0.1, 0.15) is 31.7 Å². The SMILES string of the molecule is CCCCCOc1ccc(-c2nc3s/c(=C\c4cccc(F)c4)c(=O)n3n2)cc1. The predicted octanol–water partition coefficient (Wildman–Crippen LogP) is 4.07. The van der Waals surface area contributed by atoms with Crippen molar-refractivity contribution in [2.24, 2.45) is 0 Å². The van der Waals surface area contributed by atoms with Crippen molar-refractivity contribution in [2.45, 2.75) is 26.2 Å². The standard InChI is InChI=1S/C22H20FN3O2S/c1-2-3-4-12-28-18-10-8-16(9-11-18)20-24-22-26(25-20)21(27)19(29-22)14-15-6-5-7-17(23)13-15/h5-11,13-14H,2-4,12H2,1H3/b19-14-. The molecule has 5 nitrogen and oxygen atoms in total. The van der Waals surface area contributed by atoms with E-state index in [2.05, 4.69) is 17.0 Å². The summed E-state index contributed by atoms with van der Waals surface area (Å²) in [5.74, 6) is 0.955. The second-order valence-corrected chi connectivity index (χ2v) is 7.69. The molecule has 4 aromatic rings. The van der Waals surface area contributed by atoms with Crippen LogP contribution in [0.5, 0.6) is 5.75 Å². The number of benzene rings is 2. The molecular weight excluding hydrogens is 389 g/mol. The summed E-state index contributed by atoms with van der Waals surface area (Å²) < 4.78 is 20.8. The fraction of sp³-hybridized carbons (Fsp3) is 0.227. The lowest BCUT2D eigenvalue weighted by atomic mass is 10.2. The molecule has 0 N–H and O–H groups in total. The van der Waals surface area contributed by atoms with Crippen LogP contribution in [-0.4, -0.2) is 21.2 Å². The second-order valence-electron chi connectivity index (χ2n) is 6.68. The van der Waals surface area contributed by atoms with E-state index in [1.165, 1.54) is 28.0 Å². The number of fused-ring (bicyclic) bond motifs is 1. The molecule has 2 heterocycles. The van der Waals surface area contributed by atoms with E-state index in [1.807, 2.05) is 24.3 Å². The van der Waals surface area contributed by atoms with Gasteiger partial charge in [0, 0.05) is 5.56 Å². The first-order valence-electron chi connectivity index (χ1n) is 9.54. The smallest absolute Gasteiger partial charge is 0.291 e. The predicted molar refractivity (Wildman–Crippen MR) is 113 cm³/mol. The Morgan fingerprint density at radius 1 is 1.17 bits per heavy atom. The summed E-state index contributed by atoms with van der Waals surface area (Å²) in [6, 6.07) is 13.7. The fourth-order valence-electron chi connectivity index (χ4n) is 2.95. The number of nitrogens with zero attached hydrogens (tertiary/aromatic N) is 3. The molecule has 0 bridgehead atoms. The topological polar surface area (TPSA) is 56.5 Å². The average molecular weight is 409 g/mol. The third-order valence-corrected chi connectivity index (χ3v) is 5.42. The van der Waals surface area contributed by atoms with Gasteiger partial charge in [0.15, 0.2) is 5.82 Å². The van der Waals surface area contributed by atoms with Crippen molar-refractivity contribution in [3.63, 3.8) is 0 Å². The molecule has 0 aliphatic rings. The van der Waals surface area contributed by atoms with Crippen LogP contribution in [0.25, 0.3) is 22.4 Å². The van der Waals surface area contributed by atoms with Crippen molar-refractivity contribution < 1.29 is 9.13 Å². The van der Waals surface area contributed by atoms with Gasteiger partial charge in [0.1, 0.15) is 11.6 Å². The summed E-state index contributed by atoms with van der Waals surface area (Å²) >= 11 is 1.23. The second kappa shape index (κ2) is 8.53. The zero-order chi connectivity index (χ0) is 20.2. The Hall–Kier alpha value is -3.06. The molecule has 0 fully saturated rings. The van der Waals surface area contributed by atoms with Crippen LogP contribution >= 0.6 is 11.3 Å². The summed E-state index contributed by atoms with van der Waals surface area (Å²) in [5.41, 5.74) is 1.18. The molecule has 29 heavy (non-hydrogen) atoms. The highest BCUT2D eigenvalue weighted by molar-refractivity contribution is 7.15. The maximum Gasteiger partial charge on any atom is 0.291 e. The number of hydrogen-bond donors (Lipinski definition) is 0. The molecule has 0 atom stereocenters. The number of unbranched alkanes of at least 4 members (excludes halogenated alkanes) is 2. The summed E-state index contributed by atoms with van der Waals surface area (Å²) in [6.07, 6.45) is 5.01. The first-order valence-corrected chi connectivity index (χ1v) is 10.4. The fourth-order valence-corrected chi connectivity index (χ4v) is 3.85. The highest BCUT2D eigenvalue weighted by Gasteiger charge is 2.12. The molecule has 0 saturated heterocycles. The normalized spacial score (nSPS) is 12.0. The third kappa shape index (κ3) is 4.35. The van der Waals surface area contributed by atoms with Crippen LogP contribution in [-0.2, 0) is 0 Å². The minimum Gasteiger partial charge on any atom is -0.494 e. The number of halogens is 1. The first kappa shape index (κ1) is 19.3. The average Bonchev–Trinajstić information content (AvgIpc) is 3.26. The molecule has 0 aliphatic heterocycles. The molecule has 0 saturated carbocycles. The van der Waals surface area contributed by atoms with Crippen LogP contribution in [0, 0.1) is 5.82 Å². The summed E-state index contributed by atoms with van der Waals surface area (Å²) in [5, 5.41) is 4.35. The van der Waals surface area contributed by atoms with Crippen LogP contribution < -0.4 is 14.8 Å². The Bertz CT molecular complexity index is 1230. The van der Waals surface area contributed by atoms with Gasteiger partial charge < -0.3 is 4.74 Å². The monoisotopic (exact) mass is 409 g/mol. The van der Waals surface area contributed by atoms with Gasteiger partial charge in [-0.25, -0.2) is 4.39 Å².